The number of para-hydroxylation sites is 1. The number of aromatic nitrogens is 2. The number of nitrogens with zero attached hydrogens (tertiary/aromatic N) is 2. The van der Waals surface area contributed by atoms with Gasteiger partial charge in [-0.2, -0.15) is 0 Å². The number of aliphatic hydroxyl groups is 1. The molecule has 0 radical (unpaired) electrons. The Kier molecular flexibility index (Phi) is 10.9. The van der Waals surface area contributed by atoms with E-state index in [-0.39, 0.29) is 11.4 Å². The van der Waals surface area contributed by atoms with Crippen LogP contribution in [0.2, 0.25) is 0 Å². The summed E-state index contributed by atoms with van der Waals surface area (Å²) in [7, 11) is 4.27. The molecule has 2 aromatic carbocycles. The van der Waals surface area contributed by atoms with Gasteiger partial charge in [0.25, 0.3) is 0 Å². The van der Waals surface area contributed by atoms with Crippen LogP contribution in [0.1, 0.15) is 66.8 Å². The third-order valence-electron chi connectivity index (χ3n) is 8.98. The van der Waals surface area contributed by atoms with E-state index in [1.165, 1.54) is 33.8 Å². The van der Waals surface area contributed by atoms with E-state index in [1.807, 2.05) is 18.5 Å². The van der Waals surface area contributed by atoms with Gasteiger partial charge in [-0.15, -0.1) is 0 Å². The molecule has 0 amide bonds. The zero-order valence-electron chi connectivity index (χ0n) is 25.9. The van der Waals surface area contributed by atoms with Gasteiger partial charge in [0, 0.05) is 34.5 Å². The van der Waals surface area contributed by atoms with Crippen molar-refractivity contribution in [3.05, 3.63) is 101 Å². The van der Waals surface area contributed by atoms with E-state index in [9.17, 15) is 18.8 Å². The maximum atomic E-state index is 14.1. The molecule has 4 aromatic rings. The van der Waals surface area contributed by atoms with Gasteiger partial charge < -0.3 is 25.4 Å². The number of fused-ring (bicyclic) bond motifs is 1. The normalized spacial score (nSPS) is 18.2. The van der Waals surface area contributed by atoms with Crippen LogP contribution in [0.15, 0.2) is 73.1 Å². The summed E-state index contributed by atoms with van der Waals surface area (Å²) >= 11 is 0. The molecule has 5 N–H and O–H groups in total. The molecule has 1 aliphatic carbocycles. The average molecular weight is 634 g/mol. The van der Waals surface area contributed by atoms with Crippen LogP contribution in [0.25, 0.3) is 10.9 Å². The van der Waals surface area contributed by atoms with Gasteiger partial charge in [0.05, 0.1) is 12.8 Å². The number of H-pyrrole nitrogens is 1. The Morgan fingerprint density at radius 1 is 0.935 bits per heavy atom. The number of carbonyl (C=O) groups is 3. The number of aromatic amines is 1. The first kappa shape index (κ1) is 34.3. The van der Waals surface area contributed by atoms with E-state index in [1.54, 1.807) is 6.07 Å². The third kappa shape index (κ3) is 7.96. The second-order valence-electron chi connectivity index (χ2n) is 12.1. The smallest absolute Gasteiger partial charge is 0.336 e. The summed E-state index contributed by atoms with van der Waals surface area (Å²) in [5.41, 5.74) is 3.65. The first-order chi connectivity index (χ1) is 21.8. The molecule has 10 nitrogen and oxygen atoms in total. The Balaban J connectivity index is 0.000000315. The van der Waals surface area contributed by atoms with E-state index in [4.69, 9.17) is 20.4 Å². The number of halogens is 1. The van der Waals surface area contributed by atoms with Crippen LogP contribution in [-0.2, 0) is 32.8 Å². The number of aliphatic carboxylic acids is 3. The maximum Gasteiger partial charge on any atom is 0.336 e. The number of pyridine rings is 1. The molecule has 46 heavy (non-hydrogen) atoms. The zero-order valence-corrected chi connectivity index (χ0v) is 25.9. The number of carboxylic acid groups (broad SMARTS) is 3. The minimum absolute atomic E-state index is 0.109. The summed E-state index contributed by atoms with van der Waals surface area (Å²) < 4.78 is 14.1. The Hall–Kier alpha value is -4.61. The first-order valence-corrected chi connectivity index (χ1v) is 15.2. The van der Waals surface area contributed by atoms with Crippen LogP contribution in [0, 0.1) is 5.82 Å². The largest absolute Gasteiger partial charge is 0.481 e. The molecule has 244 valence electrons. The number of carboxylic acids is 3. The van der Waals surface area contributed by atoms with Crippen molar-refractivity contribution in [2.24, 2.45) is 0 Å². The molecule has 0 unspecified atom stereocenters. The summed E-state index contributed by atoms with van der Waals surface area (Å²) in [6.07, 6.45) is 7.70. The highest BCUT2D eigenvalue weighted by molar-refractivity contribution is 5.88. The topological polar surface area (TPSA) is 164 Å². The summed E-state index contributed by atoms with van der Waals surface area (Å²) in [5.74, 6) is -4.68. The van der Waals surface area contributed by atoms with Crippen LogP contribution < -0.4 is 0 Å². The van der Waals surface area contributed by atoms with Gasteiger partial charge in [0.1, 0.15) is 5.82 Å². The average Bonchev–Trinajstić information content (AvgIpc) is 3.38. The molecule has 1 saturated carbocycles. The van der Waals surface area contributed by atoms with Crippen molar-refractivity contribution in [1.82, 2.24) is 14.9 Å². The van der Waals surface area contributed by atoms with E-state index in [0.29, 0.717) is 5.92 Å². The van der Waals surface area contributed by atoms with Crippen molar-refractivity contribution in [2.75, 3.05) is 14.1 Å². The van der Waals surface area contributed by atoms with Gasteiger partial charge in [-0.3, -0.25) is 19.5 Å². The van der Waals surface area contributed by atoms with Crippen molar-refractivity contribution < 1.29 is 39.2 Å². The van der Waals surface area contributed by atoms with Gasteiger partial charge in [-0.25, -0.2) is 9.18 Å². The standard InChI is InChI=1S/C29H32FN3.C6H8O7/c1-33(2)29(23-6-5-7-24(30)20-23)16-12-22(13-17-29)28-26(11-10-21-14-18-31-19-15-21)25-8-3-4-9-27(25)32-28;7-3(8)1-6(13,5(11)12)2-4(9)10/h3-9,14-15,18-20,22,32H,10-13,16-17H2,1-2H3;13H,1-2H2,(H,7,8)(H,9,10)(H,11,12). The number of nitrogens with one attached hydrogen (secondary N) is 1. The van der Waals surface area contributed by atoms with Crippen LogP contribution in [0.4, 0.5) is 4.39 Å². The Labute approximate surface area is 266 Å². The third-order valence-corrected chi connectivity index (χ3v) is 8.98. The van der Waals surface area contributed by atoms with Crippen LogP contribution in [0.5, 0.6) is 0 Å². The first-order valence-electron chi connectivity index (χ1n) is 15.2. The lowest BCUT2D eigenvalue weighted by Gasteiger charge is -2.45. The molecule has 1 aliphatic rings. The van der Waals surface area contributed by atoms with Crippen molar-refractivity contribution >= 4 is 28.8 Å². The van der Waals surface area contributed by atoms with Crippen molar-refractivity contribution in [2.45, 2.75) is 68.4 Å². The SMILES string of the molecule is CN(C)C1(c2cccc(F)c2)CCC(c2[nH]c3ccccc3c2CCc2ccncc2)CC1.O=C(O)CC(O)(CC(=O)O)C(=O)O. The highest BCUT2D eigenvalue weighted by Gasteiger charge is 2.41. The van der Waals surface area contributed by atoms with Crippen LogP contribution >= 0.6 is 0 Å². The summed E-state index contributed by atoms with van der Waals surface area (Å²) in [6, 6.07) is 20.1. The molecule has 0 saturated heterocycles. The highest BCUT2D eigenvalue weighted by Crippen LogP contribution is 2.47. The number of rotatable bonds is 11. The molecule has 0 aliphatic heterocycles. The van der Waals surface area contributed by atoms with Gasteiger partial charge in [0.15, 0.2) is 5.60 Å². The van der Waals surface area contributed by atoms with Crippen LogP contribution in [0.3, 0.4) is 0 Å². The Morgan fingerprint density at radius 3 is 2.13 bits per heavy atom. The lowest BCUT2D eigenvalue weighted by Crippen LogP contribution is -2.44. The second-order valence-corrected chi connectivity index (χ2v) is 12.1. The lowest BCUT2D eigenvalue weighted by molar-refractivity contribution is -0.170. The van der Waals surface area contributed by atoms with E-state index in [0.717, 1.165) is 44.1 Å². The fourth-order valence-corrected chi connectivity index (χ4v) is 6.53. The molecule has 0 spiro atoms. The lowest BCUT2D eigenvalue weighted by atomic mass is 9.70. The number of hydrogen-bond acceptors (Lipinski definition) is 6. The Morgan fingerprint density at radius 2 is 1.57 bits per heavy atom. The predicted octanol–water partition coefficient (Wildman–Crippen LogP) is 5.35. The molecule has 11 heteroatoms. The van der Waals surface area contributed by atoms with Crippen molar-refractivity contribution in [1.29, 1.82) is 0 Å². The van der Waals surface area contributed by atoms with Gasteiger partial charge >= 0.3 is 17.9 Å². The maximum absolute atomic E-state index is 14.1. The summed E-state index contributed by atoms with van der Waals surface area (Å²) in [4.78, 5) is 40.7. The van der Waals surface area contributed by atoms with Crippen molar-refractivity contribution in [3.8, 4) is 0 Å². The van der Waals surface area contributed by atoms with Gasteiger partial charge in [-0.1, -0.05) is 30.3 Å². The molecule has 5 rings (SSSR count). The molecule has 0 atom stereocenters. The molecule has 2 heterocycles. The second kappa shape index (κ2) is 14.7. The minimum atomic E-state index is -2.74. The fourth-order valence-electron chi connectivity index (χ4n) is 6.53. The predicted molar refractivity (Wildman–Crippen MR) is 170 cm³/mol. The van der Waals surface area contributed by atoms with Gasteiger partial charge in [0.2, 0.25) is 0 Å². The molecular weight excluding hydrogens is 593 g/mol. The summed E-state index contributed by atoms with van der Waals surface area (Å²) in [5, 5.41) is 35.2. The Bertz CT molecular complexity index is 1650. The fraction of sp³-hybridized carbons (Fsp3) is 0.371. The zero-order chi connectivity index (χ0) is 33.5. The number of aryl methyl sites for hydroxylation is 2. The van der Waals surface area contributed by atoms with Crippen molar-refractivity contribution in [3.63, 3.8) is 0 Å². The summed E-state index contributed by atoms with van der Waals surface area (Å²) in [6.45, 7) is 0. The monoisotopic (exact) mass is 633 g/mol. The molecular formula is C35H40FN3O7. The number of benzene rings is 2. The van der Waals surface area contributed by atoms with Crippen LogP contribution in [-0.4, -0.2) is 72.9 Å². The van der Waals surface area contributed by atoms with E-state index in [2.05, 4.69) is 71.4 Å². The van der Waals surface area contributed by atoms with E-state index < -0.39 is 36.4 Å². The highest BCUT2D eigenvalue weighted by atomic mass is 19.1. The molecule has 1 fully saturated rings. The quantitative estimate of drug-likeness (QED) is 0.146. The minimum Gasteiger partial charge on any atom is -0.481 e. The molecule has 2 aromatic heterocycles. The number of hydrogen-bond donors (Lipinski definition) is 5. The molecule has 0 bridgehead atoms. The van der Waals surface area contributed by atoms with E-state index >= 15 is 0 Å². The van der Waals surface area contributed by atoms with Gasteiger partial charge in [-0.05, 0) is 106 Å².